The summed E-state index contributed by atoms with van der Waals surface area (Å²) in [6, 6.07) is 0. The van der Waals surface area contributed by atoms with Crippen LogP contribution in [0.4, 0.5) is 0 Å². The molecule has 1 rings (SSSR count). The third-order valence-electron chi connectivity index (χ3n) is 2.75. The molecule has 0 heterocycles. The third kappa shape index (κ3) is 4.37. The van der Waals surface area contributed by atoms with Crippen molar-refractivity contribution in [2.75, 3.05) is 6.61 Å². The van der Waals surface area contributed by atoms with Gasteiger partial charge in [-0.1, -0.05) is 0 Å². The van der Waals surface area contributed by atoms with Crippen LogP contribution >= 0.6 is 0 Å². The number of allylic oxidation sites excluding steroid dienone is 1. The fraction of sp³-hybridized carbons (Fsp3) is 0.636. The van der Waals surface area contributed by atoms with Crippen molar-refractivity contribution in [3.05, 3.63) is 12.3 Å². The van der Waals surface area contributed by atoms with Crippen molar-refractivity contribution in [2.45, 2.75) is 25.7 Å². The molecule has 4 nitrogen and oxygen atoms in total. The Kier molecular flexibility index (Phi) is 5.11. The molecule has 1 saturated carbocycles. The van der Waals surface area contributed by atoms with Gasteiger partial charge in [0, 0.05) is 0 Å². The van der Waals surface area contributed by atoms with Crippen LogP contribution in [-0.2, 0) is 9.47 Å². The average Bonchev–Trinajstić information content (AvgIpc) is 2.28. The molecule has 15 heavy (non-hydrogen) atoms. The molecule has 0 unspecified atom stereocenters. The summed E-state index contributed by atoms with van der Waals surface area (Å²) in [4.78, 5) is 0. The minimum absolute atomic E-state index is 0.497. The summed E-state index contributed by atoms with van der Waals surface area (Å²) in [5, 5.41) is 16.4. The van der Waals surface area contributed by atoms with E-state index in [-0.39, 0.29) is 0 Å². The zero-order valence-electron chi connectivity index (χ0n) is 8.56. The zero-order chi connectivity index (χ0) is 10.9. The van der Waals surface area contributed by atoms with E-state index in [1.54, 1.807) is 12.5 Å². The monoisotopic (exact) mass is 206 g/mol. The molecule has 1 fully saturated rings. The first-order valence-electron chi connectivity index (χ1n) is 5.09. The fourth-order valence-electron chi connectivity index (χ4n) is 1.88. The molecule has 0 radical (unpaired) electrons. The van der Waals surface area contributed by atoms with Gasteiger partial charge in [0.15, 0.2) is 0 Å². The first-order chi connectivity index (χ1) is 7.36. The van der Waals surface area contributed by atoms with E-state index in [2.05, 4.69) is 4.74 Å². The lowest BCUT2D eigenvalue weighted by molar-refractivity contribution is 0.168. The molecule has 0 aliphatic heterocycles. The van der Waals surface area contributed by atoms with Gasteiger partial charge in [-0.25, -0.2) is 0 Å². The third-order valence-corrected chi connectivity index (χ3v) is 2.75. The molecular weight excluding hydrogens is 192 g/mol. The molecule has 0 N–H and O–H groups in total. The molecule has 0 aromatic heterocycles. The van der Waals surface area contributed by atoms with Gasteiger partial charge in [0.1, 0.15) is 12.9 Å². The Morgan fingerprint density at radius 2 is 1.87 bits per heavy atom. The number of ether oxygens (including phenoxy) is 2. The fourth-order valence-corrected chi connectivity index (χ4v) is 1.88. The van der Waals surface area contributed by atoms with Crippen LogP contribution < -0.4 is 0 Å². The van der Waals surface area contributed by atoms with Gasteiger partial charge in [-0.3, -0.25) is 0 Å². The smallest absolute Gasteiger partial charge is 0.291 e. The topological polar surface area (TPSA) is 66.0 Å². The Balaban J connectivity index is 2.19. The summed E-state index contributed by atoms with van der Waals surface area (Å²) in [5.41, 5.74) is 0. The summed E-state index contributed by atoms with van der Waals surface area (Å²) in [6.07, 6.45) is 11.0. The maximum atomic E-state index is 8.26. The highest BCUT2D eigenvalue weighted by molar-refractivity contribution is 4.88. The normalized spacial score (nSPS) is 25.5. The van der Waals surface area contributed by atoms with Crippen LogP contribution in [0.2, 0.25) is 0 Å². The van der Waals surface area contributed by atoms with E-state index in [0.717, 1.165) is 25.7 Å². The summed E-state index contributed by atoms with van der Waals surface area (Å²) in [7, 11) is 0. The van der Waals surface area contributed by atoms with E-state index >= 15 is 0 Å². The first-order valence-corrected chi connectivity index (χ1v) is 5.09. The van der Waals surface area contributed by atoms with Gasteiger partial charge in [-0.15, -0.1) is 5.26 Å². The van der Waals surface area contributed by atoms with Crippen LogP contribution in [0.1, 0.15) is 25.7 Å². The molecule has 1 aliphatic carbocycles. The number of hydrogen-bond acceptors (Lipinski definition) is 4. The average molecular weight is 206 g/mol. The molecule has 0 spiro atoms. The van der Waals surface area contributed by atoms with Gasteiger partial charge in [-0.2, -0.15) is 5.26 Å². The van der Waals surface area contributed by atoms with Gasteiger partial charge in [0.25, 0.3) is 12.5 Å². The predicted octanol–water partition coefficient (Wildman–Crippen LogP) is 2.30. The van der Waals surface area contributed by atoms with E-state index in [9.17, 15) is 0 Å². The van der Waals surface area contributed by atoms with E-state index < -0.39 is 0 Å². The number of rotatable bonds is 4. The molecule has 0 aromatic carbocycles. The molecule has 0 atom stereocenters. The Bertz CT molecular complexity index is 280. The second-order valence-electron chi connectivity index (χ2n) is 3.72. The first kappa shape index (κ1) is 11.4. The van der Waals surface area contributed by atoms with Gasteiger partial charge < -0.3 is 9.47 Å². The van der Waals surface area contributed by atoms with Crippen molar-refractivity contribution >= 4 is 0 Å². The molecule has 4 heteroatoms. The second kappa shape index (κ2) is 6.73. The molecule has 80 valence electrons. The van der Waals surface area contributed by atoms with Crippen LogP contribution in [-0.4, -0.2) is 6.61 Å². The lowest BCUT2D eigenvalue weighted by atomic mass is 9.82. The molecule has 0 bridgehead atoms. The summed E-state index contributed by atoms with van der Waals surface area (Å²) >= 11 is 0. The number of hydrogen-bond donors (Lipinski definition) is 0. The van der Waals surface area contributed by atoms with Gasteiger partial charge >= 0.3 is 0 Å². The van der Waals surface area contributed by atoms with Crippen LogP contribution in [0.15, 0.2) is 12.3 Å². The summed E-state index contributed by atoms with van der Waals surface area (Å²) in [6.45, 7) is 0.543. The van der Waals surface area contributed by atoms with Gasteiger partial charge in [-0.05, 0) is 43.6 Å². The van der Waals surface area contributed by atoms with Crippen molar-refractivity contribution in [3.63, 3.8) is 0 Å². The van der Waals surface area contributed by atoms with E-state index in [1.165, 1.54) is 6.26 Å². The van der Waals surface area contributed by atoms with Crippen molar-refractivity contribution in [1.82, 2.24) is 0 Å². The van der Waals surface area contributed by atoms with Gasteiger partial charge in [0.2, 0.25) is 0 Å². The minimum atomic E-state index is 0.497. The van der Waals surface area contributed by atoms with Gasteiger partial charge in [0.05, 0.1) is 0 Å². The van der Waals surface area contributed by atoms with Crippen molar-refractivity contribution in [2.24, 2.45) is 11.8 Å². The van der Waals surface area contributed by atoms with E-state index in [4.69, 9.17) is 15.3 Å². The Morgan fingerprint density at radius 3 is 2.47 bits per heavy atom. The van der Waals surface area contributed by atoms with Crippen LogP contribution in [0.25, 0.3) is 0 Å². The SMILES string of the molecule is N#COC=CC1CCC(COC#N)CC1. The van der Waals surface area contributed by atoms with Crippen molar-refractivity contribution < 1.29 is 9.47 Å². The molecule has 0 amide bonds. The maximum absolute atomic E-state index is 8.26. The van der Waals surface area contributed by atoms with Crippen molar-refractivity contribution in [1.29, 1.82) is 10.5 Å². The Hall–Kier alpha value is -1.68. The highest BCUT2D eigenvalue weighted by Gasteiger charge is 2.19. The summed E-state index contributed by atoms with van der Waals surface area (Å²) in [5.74, 6) is 1.00. The quantitative estimate of drug-likeness (QED) is 0.523. The molecule has 0 saturated heterocycles. The minimum Gasteiger partial charge on any atom is -0.427 e. The lowest BCUT2D eigenvalue weighted by Gasteiger charge is -2.25. The van der Waals surface area contributed by atoms with Crippen LogP contribution in [0.3, 0.4) is 0 Å². The van der Waals surface area contributed by atoms with Crippen LogP contribution in [0, 0.1) is 34.9 Å². The second-order valence-corrected chi connectivity index (χ2v) is 3.72. The molecule has 1 aliphatic rings. The maximum Gasteiger partial charge on any atom is 0.291 e. The van der Waals surface area contributed by atoms with E-state index in [1.807, 2.05) is 6.08 Å². The summed E-state index contributed by atoms with van der Waals surface area (Å²) < 4.78 is 9.21. The standard InChI is InChI=1S/C11H14N2O2/c12-8-14-6-5-10-1-3-11(4-2-10)7-15-9-13/h5-6,10-11H,1-4,7H2. The van der Waals surface area contributed by atoms with Crippen LogP contribution in [0.5, 0.6) is 0 Å². The van der Waals surface area contributed by atoms with E-state index in [0.29, 0.717) is 18.4 Å². The lowest BCUT2D eigenvalue weighted by Crippen LogP contribution is -2.16. The molecule has 0 aromatic rings. The highest BCUT2D eigenvalue weighted by atomic mass is 16.5. The Morgan fingerprint density at radius 1 is 1.13 bits per heavy atom. The zero-order valence-corrected chi connectivity index (χ0v) is 8.56. The number of nitriles is 2. The Labute approximate surface area is 89.7 Å². The molecular formula is C11H14N2O2. The highest BCUT2D eigenvalue weighted by Crippen LogP contribution is 2.29. The number of nitrogens with zero attached hydrogens (tertiary/aromatic N) is 2. The van der Waals surface area contributed by atoms with Crippen molar-refractivity contribution in [3.8, 4) is 12.5 Å². The predicted molar refractivity (Wildman–Crippen MR) is 52.9 cm³/mol. The largest absolute Gasteiger partial charge is 0.427 e.